The van der Waals surface area contributed by atoms with Crippen molar-refractivity contribution < 1.29 is 28.9 Å². The number of cyclic esters (lactones) is 1. The molecule has 0 aliphatic carbocycles. The van der Waals surface area contributed by atoms with Crippen molar-refractivity contribution in [3.63, 3.8) is 0 Å². The van der Waals surface area contributed by atoms with Crippen LogP contribution < -0.4 is 0 Å². The zero-order chi connectivity index (χ0) is 15.2. The molecule has 0 aromatic rings. The third-order valence-corrected chi connectivity index (χ3v) is 3.02. The Bertz CT molecular complexity index is 366. The lowest BCUT2D eigenvalue weighted by atomic mass is 10.1. The van der Waals surface area contributed by atoms with Gasteiger partial charge in [-0.15, -0.1) is 0 Å². The zero-order valence-electron chi connectivity index (χ0n) is 12.0. The minimum Gasteiger partial charge on any atom is -0.478 e. The van der Waals surface area contributed by atoms with E-state index >= 15 is 0 Å². The molecule has 2 saturated heterocycles. The Morgan fingerprint density at radius 3 is 2.55 bits per heavy atom. The van der Waals surface area contributed by atoms with E-state index < -0.39 is 12.1 Å². The summed E-state index contributed by atoms with van der Waals surface area (Å²) in [4.78, 5) is 21.5. The van der Waals surface area contributed by atoms with Gasteiger partial charge in [-0.1, -0.05) is 6.58 Å². The summed E-state index contributed by atoms with van der Waals surface area (Å²) in [5, 5.41) is 8.62. The van der Waals surface area contributed by atoms with E-state index in [1.54, 1.807) is 0 Å². The van der Waals surface area contributed by atoms with E-state index in [2.05, 4.69) is 6.58 Å². The van der Waals surface area contributed by atoms with Crippen LogP contribution in [0.1, 0.15) is 39.5 Å². The smallest absolute Gasteiger partial charge is 0.334 e. The van der Waals surface area contributed by atoms with Gasteiger partial charge in [0, 0.05) is 6.42 Å². The third kappa shape index (κ3) is 5.71. The normalized spacial score (nSPS) is 24.9. The Morgan fingerprint density at radius 1 is 1.40 bits per heavy atom. The van der Waals surface area contributed by atoms with Gasteiger partial charge in [-0.3, -0.25) is 4.79 Å². The highest BCUT2D eigenvalue weighted by molar-refractivity contribution is 5.87. The molecule has 1 N–H and O–H groups in total. The fourth-order valence-electron chi connectivity index (χ4n) is 1.79. The molecule has 0 aromatic heterocycles. The maximum absolute atomic E-state index is 11.0. The topological polar surface area (TPSA) is 82.1 Å². The Labute approximate surface area is 118 Å². The minimum atomic E-state index is -1.10. The summed E-state index contributed by atoms with van der Waals surface area (Å²) in [6, 6.07) is 0. The van der Waals surface area contributed by atoms with Crippen LogP contribution in [0.25, 0.3) is 0 Å². The number of hydrogen-bond donors (Lipinski definition) is 1. The van der Waals surface area contributed by atoms with E-state index in [1.807, 2.05) is 13.8 Å². The Balaban J connectivity index is 0.000000240. The fourth-order valence-corrected chi connectivity index (χ4v) is 1.79. The van der Waals surface area contributed by atoms with Crippen molar-refractivity contribution in [1.82, 2.24) is 0 Å². The molecule has 2 aliphatic rings. The highest BCUT2D eigenvalue weighted by Gasteiger charge is 2.24. The SMILES string of the molecule is C=C(C(=O)O)C1CCCCC(=O)O1.CC1(C)COCO1. The minimum absolute atomic E-state index is 0.0278. The molecule has 0 spiro atoms. The molecule has 2 fully saturated rings. The van der Waals surface area contributed by atoms with E-state index in [-0.39, 0.29) is 17.1 Å². The third-order valence-electron chi connectivity index (χ3n) is 3.02. The fraction of sp³-hybridized carbons (Fsp3) is 0.714. The molecule has 20 heavy (non-hydrogen) atoms. The maximum Gasteiger partial charge on any atom is 0.334 e. The summed E-state index contributed by atoms with van der Waals surface area (Å²) in [5.74, 6) is -1.43. The van der Waals surface area contributed by atoms with Crippen molar-refractivity contribution in [3.8, 4) is 0 Å². The largest absolute Gasteiger partial charge is 0.478 e. The van der Waals surface area contributed by atoms with E-state index in [9.17, 15) is 9.59 Å². The highest BCUT2D eigenvalue weighted by atomic mass is 16.7. The number of rotatable bonds is 2. The van der Waals surface area contributed by atoms with Crippen molar-refractivity contribution in [1.29, 1.82) is 0 Å². The Kier molecular flexibility index (Phi) is 6.16. The summed E-state index contributed by atoms with van der Waals surface area (Å²) < 4.78 is 15.0. The van der Waals surface area contributed by atoms with E-state index in [0.29, 0.717) is 19.6 Å². The monoisotopic (exact) mass is 286 g/mol. The Hall–Kier alpha value is -1.40. The van der Waals surface area contributed by atoms with E-state index in [0.717, 1.165) is 19.4 Å². The van der Waals surface area contributed by atoms with Gasteiger partial charge in [0.2, 0.25) is 0 Å². The van der Waals surface area contributed by atoms with Gasteiger partial charge in [0.05, 0.1) is 17.8 Å². The van der Waals surface area contributed by atoms with Gasteiger partial charge >= 0.3 is 11.9 Å². The zero-order valence-corrected chi connectivity index (χ0v) is 12.0. The number of carbonyl (C=O) groups excluding carboxylic acids is 1. The predicted octanol–water partition coefficient (Wildman–Crippen LogP) is 1.88. The van der Waals surface area contributed by atoms with Gasteiger partial charge in [-0.2, -0.15) is 0 Å². The molecule has 2 aliphatic heterocycles. The van der Waals surface area contributed by atoms with Gasteiger partial charge < -0.3 is 19.3 Å². The van der Waals surface area contributed by atoms with Gasteiger partial charge in [0.1, 0.15) is 12.9 Å². The van der Waals surface area contributed by atoms with Gasteiger partial charge in [0.25, 0.3) is 0 Å². The van der Waals surface area contributed by atoms with Crippen LogP contribution in [0.5, 0.6) is 0 Å². The molecule has 0 aromatic carbocycles. The van der Waals surface area contributed by atoms with Crippen molar-refractivity contribution in [3.05, 3.63) is 12.2 Å². The molecule has 6 nitrogen and oxygen atoms in total. The number of aliphatic carboxylic acids is 1. The van der Waals surface area contributed by atoms with Crippen LogP contribution in [0, 0.1) is 0 Å². The van der Waals surface area contributed by atoms with Gasteiger partial charge in [-0.05, 0) is 33.1 Å². The average molecular weight is 286 g/mol. The lowest BCUT2D eigenvalue weighted by molar-refractivity contribution is -0.147. The van der Waals surface area contributed by atoms with Crippen molar-refractivity contribution in [2.24, 2.45) is 0 Å². The van der Waals surface area contributed by atoms with Gasteiger partial charge in [-0.25, -0.2) is 4.79 Å². The molecule has 2 rings (SSSR count). The first-order chi connectivity index (χ1) is 9.32. The van der Waals surface area contributed by atoms with Crippen LogP contribution in [-0.2, 0) is 23.8 Å². The molecule has 2 heterocycles. The molecule has 6 heteroatoms. The Morgan fingerprint density at radius 2 is 2.10 bits per heavy atom. The number of hydrogen-bond acceptors (Lipinski definition) is 5. The number of carboxylic acid groups (broad SMARTS) is 1. The van der Waals surface area contributed by atoms with Crippen molar-refractivity contribution in [2.75, 3.05) is 13.4 Å². The molecule has 1 atom stereocenters. The highest BCUT2D eigenvalue weighted by Crippen LogP contribution is 2.19. The van der Waals surface area contributed by atoms with E-state index in [4.69, 9.17) is 19.3 Å². The van der Waals surface area contributed by atoms with Crippen LogP contribution in [0.4, 0.5) is 0 Å². The lowest BCUT2D eigenvalue weighted by Gasteiger charge is -2.13. The molecular weight excluding hydrogens is 264 g/mol. The number of carboxylic acids is 1. The predicted molar refractivity (Wildman–Crippen MR) is 71.1 cm³/mol. The second-order valence-electron chi connectivity index (χ2n) is 5.43. The van der Waals surface area contributed by atoms with Crippen LogP contribution >= 0.6 is 0 Å². The first-order valence-corrected chi connectivity index (χ1v) is 6.65. The second-order valence-corrected chi connectivity index (χ2v) is 5.43. The number of esters is 1. The van der Waals surface area contributed by atoms with Crippen LogP contribution in [0.3, 0.4) is 0 Å². The summed E-state index contributed by atoms with van der Waals surface area (Å²) in [6.07, 6.45) is 1.89. The first-order valence-electron chi connectivity index (χ1n) is 6.65. The van der Waals surface area contributed by atoms with Crippen LogP contribution in [0.15, 0.2) is 12.2 Å². The van der Waals surface area contributed by atoms with Crippen molar-refractivity contribution in [2.45, 2.75) is 51.2 Å². The van der Waals surface area contributed by atoms with E-state index in [1.165, 1.54) is 0 Å². The average Bonchev–Trinajstić information content (AvgIpc) is 2.64. The standard InChI is InChI=1S/C9H12O4.C5H10O2/c1-6(9(11)12)7-4-2-3-5-8(10)13-7;1-5(2)3-6-4-7-5/h7H,1-5H2,(H,11,12);3-4H2,1-2H3. The van der Waals surface area contributed by atoms with Gasteiger partial charge in [0.15, 0.2) is 0 Å². The summed E-state index contributed by atoms with van der Waals surface area (Å²) >= 11 is 0. The summed E-state index contributed by atoms with van der Waals surface area (Å²) in [5.41, 5.74) is -0.0600. The number of ether oxygens (including phenoxy) is 3. The summed E-state index contributed by atoms with van der Waals surface area (Å²) in [7, 11) is 0. The molecule has 0 amide bonds. The maximum atomic E-state index is 11.0. The number of carbonyl (C=O) groups is 2. The summed E-state index contributed by atoms with van der Waals surface area (Å²) in [6.45, 7) is 8.60. The lowest BCUT2D eigenvalue weighted by Crippen LogP contribution is -2.22. The molecule has 0 saturated carbocycles. The molecule has 0 radical (unpaired) electrons. The van der Waals surface area contributed by atoms with Crippen LogP contribution in [0.2, 0.25) is 0 Å². The second kappa shape index (κ2) is 7.40. The molecule has 114 valence electrons. The van der Waals surface area contributed by atoms with Crippen molar-refractivity contribution >= 4 is 11.9 Å². The quantitative estimate of drug-likeness (QED) is 0.616. The molecular formula is C14H22O6. The first kappa shape index (κ1) is 16.7. The molecule has 0 bridgehead atoms. The van der Waals surface area contributed by atoms with Crippen LogP contribution in [-0.4, -0.2) is 42.1 Å². The molecule has 1 unspecified atom stereocenters.